The predicted molar refractivity (Wildman–Crippen MR) is 62.6 cm³/mol. The molecule has 1 aromatic carbocycles. The highest BCUT2D eigenvalue weighted by Crippen LogP contribution is 2.35. The molecule has 0 aliphatic carbocycles. The molecule has 2 rings (SSSR count). The van der Waals surface area contributed by atoms with Gasteiger partial charge in [0.05, 0.1) is 6.61 Å². The summed E-state index contributed by atoms with van der Waals surface area (Å²) in [6.07, 6.45) is 0.857. The number of hydrogen-bond acceptors (Lipinski definition) is 3. The van der Waals surface area contributed by atoms with Crippen molar-refractivity contribution in [2.75, 3.05) is 6.54 Å². The lowest BCUT2D eigenvalue weighted by atomic mass is 10.0. The highest BCUT2D eigenvalue weighted by molar-refractivity contribution is 5.29. The molecule has 1 aromatic rings. The van der Waals surface area contributed by atoms with Gasteiger partial charge in [0.2, 0.25) is 0 Å². The Morgan fingerprint density at radius 1 is 1.39 bits per heavy atom. The van der Waals surface area contributed by atoms with Crippen LogP contribution in [-0.4, -0.2) is 27.9 Å². The van der Waals surface area contributed by atoms with E-state index < -0.39 is 24.5 Å². The predicted octanol–water partition coefficient (Wildman–Crippen LogP) is 1.93. The minimum absolute atomic E-state index is 0.0437. The fourth-order valence-corrected chi connectivity index (χ4v) is 2.55. The van der Waals surface area contributed by atoms with E-state index in [1.165, 1.54) is 12.1 Å². The van der Waals surface area contributed by atoms with E-state index >= 15 is 0 Å². The minimum atomic E-state index is -0.993. The summed E-state index contributed by atoms with van der Waals surface area (Å²) >= 11 is 0. The topological polar surface area (TPSA) is 43.7 Å². The summed E-state index contributed by atoms with van der Waals surface area (Å²) in [6, 6.07) is 2.59. The molecule has 1 aliphatic rings. The van der Waals surface area contributed by atoms with Gasteiger partial charge in [-0.25, -0.2) is 8.78 Å². The molecule has 1 aliphatic heterocycles. The van der Waals surface area contributed by atoms with Gasteiger partial charge in [-0.15, -0.1) is 0 Å². The van der Waals surface area contributed by atoms with Gasteiger partial charge in [0.25, 0.3) is 0 Å². The van der Waals surface area contributed by atoms with Crippen LogP contribution < -0.4 is 0 Å². The first-order chi connectivity index (χ1) is 8.56. The Kier molecular flexibility index (Phi) is 3.94. The van der Waals surface area contributed by atoms with Crippen molar-refractivity contribution in [1.82, 2.24) is 4.90 Å². The van der Waals surface area contributed by atoms with Gasteiger partial charge < -0.3 is 10.2 Å². The molecule has 2 unspecified atom stereocenters. The summed E-state index contributed by atoms with van der Waals surface area (Å²) in [4.78, 5) is 1.75. The molecule has 1 heterocycles. The summed E-state index contributed by atoms with van der Waals surface area (Å²) in [5.41, 5.74) is 0.209. The van der Waals surface area contributed by atoms with E-state index in [0.29, 0.717) is 13.0 Å². The molecule has 2 N–H and O–H groups in total. The van der Waals surface area contributed by atoms with Crippen LogP contribution in [0, 0.1) is 11.6 Å². The molecule has 0 radical (unpaired) electrons. The molecule has 0 spiro atoms. The third kappa shape index (κ3) is 2.25. The third-order valence-electron chi connectivity index (χ3n) is 3.50. The van der Waals surface area contributed by atoms with Gasteiger partial charge in [0.15, 0.2) is 11.6 Å². The standard InChI is InChI=1S/C13H17F2NO2/c1-8(18)16-6-2-3-11(16)10-5-4-9(7-17)12(14)13(10)15/h4-5,8,11,17-18H,2-3,6-7H2,1H3. The van der Waals surface area contributed by atoms with E-state index in [4.69, 9.17) is 5.11 Å². The molecule has 0 saturated carbocycles. The largest absolute Gasteiger partial charge is 0.392 e. The fraction of sp³-hybridized carbons (Fsp3) is 0.538. The number of benzene rings is 1. The SMILES string of the molecule is CC(O)N1CCCC1c1ccc(CO)c(F)c1F. The van der Waals surface area contributed by atoms with Crippen LogP contribution in [0.15, 0.2) is 12.1 Å². The molecular weight excluding hydrogens is 240 g/mol. The Morgan fingerprint density at radius 2 is 2.11 bits per heavy atom. The number of likely N-dealkylation sites (tertiary alicyclic amines) is 1. The minimum Gasteiger partial charge on any atom is -0.392 e. The highest BCUT2D eigenvalue weighted by atomic mass is 19.2. The monoisotopic (exact) mass is 257 g/mol. The Labute approximate surface area is 105 Å². The number of nitrogens with zero attached hydrogens (tertiary/aromatic N) is 1. The van der Waals surface area contributed by atoms with Gasteiger partial charge >= 0.3 is 0 Å². The third-order valence-corrected chi connectivity index (χ3v) is 3.50. The lowest BCUT2D eigenvalue weighted by molar-refractivity contribution is 0.00820. The van der Waals surface area contributed by atoms with Crippen LogP contribution >= 0.6 is 0 Å². The van der Waals surface area contributed by atoms with E-state index in [9.17, 15) is 13.9 Å². The molecule has 3 nitrogen and oxygen atoms in total. The van der Waals surface area contributed by atoms with E-state index in [0.717, 1.165) is 6.42 Å². The molecule has 18 heavy (non-hydrogen) atoms. The quantitative estimate of drug-likeness (QED) is 0.869. The van der Waals surface area contributed by atoms with Gasteiger partial charge in [-0.2, -0.15) is 0 Å². The second-order valence-corrected chi connectivity index (χ2v) is 4.63. The zero-order chi connectivity index (χ0) is 13.3. The van der Waals surface area contributed by atoms with Gasteiger partial charge in [-0.1, -0.05) is 12.1 Å². The molecule has 2 atom stereocenters. The van der Waals surface area contributed by atoms with Crippen molar-refractivity contribution in [1.29, 1.82) is 0 Å². The Hall–Kier alpha value is -1.04. The van der Waals surface area contributed by atoms with E-state index in [1.807, 2.05) is 0 Å². The first-order valence-electron chi connectivity index (χ1n) is 6.07. The number of halogens is 2. The summed E-state index contributed by atoms with van der Waals surface area (Å²) in [7, 11) is 0. The van der Waals surface area contributed by atoms with Crippen molar-refractivity contribution in [2.24, 2.45) is 0 Å². The molecule has 0 bridgehead atoms. The van der Waals surface area contributed by atoms with Crippen LogP contribution in [0.4, 0.5) is 8.78 Å². The number of aliphatic hydroxyl groups excluding tert-OH is 2. The summed E-state index contributed by atoms with van der Waals surface area (Å²) in [6.45, 7) is 1.77. The second-order valence-electron chi connectivity index (χ2n) is 4.63. The molecule has 5 heteroatoms. The highest BCUT2D eigenvalue weighted by Gasteiger charge is 2.31. The van der Waals surface area contributed by atoms with E-state index in [-0.39, 0.29) is 17.2 Å². The van der Waals surface area contributed by atoms with Crippen LogP contribution in [0.1, 0.15) is 36.9 Å². The van der Waals surface area contributed by atoms with E-state index in [1.54, 1.807) is 11.8 Å². The maximum Gasteiger partial charge on any atom is 0.164 e. The van der Waals surface area contributed by atoms with Gasteiger partial charge in [0, 0.05) is 23.7 Å². The van der Waals surface area contributed by atoms with Crippen molar-refractivity contribution in [3.05, 3.63) is 34.9 Å². The van der Waals surface area contributed by atoms with Crippen LogP contribution in [0.25, 0.3) is 0 Å². The zero-order valence-electron chi connectivity index (χ0n) is 10.2. The van der Waals surface area contributed by atoms with E-state index in [2.05, 4.69) is 0 Å². The van der Waals surface area contributed by atoms with Crippen LogP contribution in [-0.2, 0) is 6.61 Å². The molecule has 1 fully saturated rings. The van der Waals surface area contributed by atoms with Crippen LogP contribution in [0.3, 0.4) is 0 Å². The smallest absolute Gasteiger partial charge is 0.164 e. The Balaban J connectivity index is 2.36. The average Bonchev–Trinajstić information content (AvgIpc) is 2.81. The van der Waals surface area contributed by atoms with Gasteiger partial charge in [-0.05, 0) is 19.8 Å². The van der Waals surface area contributed by atoms with Crippen molar-refractivity contribution >= 4 is 0 Å². The number of aliphatic hydroxyl groups is 2. The van der Waals surface area contributed by atoms with Gasteiger partial charge in [0.1, 0.15) is 6.23 Å². The fourth-order valence-electron chi connectivity index (χ4n) is 2.55. The molecule has 0 amide bonds. The lowest BCUT2D eigenvalue weighted by Crippen LogP contribution is -2.32. The first-order valence-corrected chi connectivity index (χ1v) is 6.07. The Bertz CT molecular complexity index is 437. The Morgan fingerprint density at radius 3 is 2.72 bits per heavy atom. The summed E-state index contributed by atoms with van der Waals surface area (Å²) in [5, 5.41) is 18.5. The molecular formula is C13H17F2NO2. The molecule has 0 aromatic heterocycles. The molecule has 100 valence electrons. The summed E-state index contributed by atoms with van der Waals surface area (Å²) in [5.74, 6) is -1.91. The van der Waals surface area contributed by atoms with Crippen molar-refractivity contribution < 1.29 is 19.0 Å². The van der Waals surface area contributed by atoms with Crippen LogP contribution in [0.5, 0.6) is 0 Å². The van der Waals surface area contributed by atoms with Crippen LogP contribution in [0.2, 0.25) is 0 Å². The van der Waals surface area contributed by atoms with Crippen molar-refractivity contribution in [3.63, 3.8) is 0 Å². The normalized spacial score (nSPS) is 22.4. The molecule has 1 saturated heterocycles. The average molecular weight is 257 g/mol. The number of hydrogen-bond donors (Lipinski definition) is 2. The first kappa shape index (κ1) is 13.4. The maximum atomic E-state index is 13.9. The van der Waals surface area contributed by atoms with Crippen molar-refractivity contribution in [3.8, 4) is 0 Å². The summed E-state index contributed by atoms with van der Waals surface area (Å²) < 4.78 is 27.6. The zero-order valence-corrected chi connectivity index (χ0v) is 10.2. The second kappa shape index (κ2) is 5.30. The van der Waals surface area contributed by atoms with Crippen molar-refractivity contribution in [2.45, 2.75) is 38.6 Å². The lowest BCUT2D eigenvalue weighted by Gasteiger charge is -2.27. The number of rotatable bonds is 3. The maximum absolute atomic E-state index is 13.9. The van der Waals surface area contributed by atoms with Gasteiger partial charge in [-0.3, -0.25) is 4.90 Å².